The van der Waals surface area contributed by atoms with E-state index in [0.29, 0.717) is 0 Å². The summed E-state index contributed by atoms with van der Waals surface area (Å²) < 4.78 is 12.7. The van der Waals surface area contributed by atoms with Crippen molar-refractivity contribution >= 4 is 5.97 Å². The quantitative estimate of drug-likeness (QED) is 0.688. The van der Waals surface area contributed by atoms with Gasteiger partial charge in [-0.25, -0.2) is 9.18 Å². The molecule has 0 aromatic rings. The van der Waals surface area contributed by atoms with Gasteiger partial charge in [-0.15, -0.1) is 0 Å². The third-order valence-electron chi connectivity index (χ3n) is 2.30. The standard InChI is InChI=1S/C8H14FNO2/c1-10-3-2-6(5-10)4-7(9)8(11)12/h6-7H,2-5H2,1H3,(H,11,12). The second-order valence-corrected chi connectivity index (χ2v) is 3.46. The molecule has 4 heteroatoms. The summed E-state index contributed by atoms with van der Waals surface area (Å²) >= 11 is 0. The molecular formula is C8H14FNO2. The van der Waals surface area contributed by atoms with Gasteiger partial charge in [0.2, 0.25) is 0 Å². The van der Waals surface area contributed by atoms with Crippen molar-refractivity contribution < 1.29 is 14.3 Å². The first-order valence-electron chi connectivity index (χ1n) is 4.15. The first-order valence-corrected chi connectivity index (χ1v) is 4.15. The van der Waals surface area contributed by atoms with Crippen LogP contribution in [0.4, 0.5) is 4.39 Å². The lowest BCUT2D eigenvalue weighted by atomic mass is 10.0. The predicted octanol–water partition coefficient (Wildman–Crippen LogP) is 0.751. The molecule has 1 aliphatic rings. The molecule has 0 aliphatic carbocycles. The average Bonchev–Trinajstić information content (AvgIpc) is 2.35. The molecule has 0 aromatic carbocycles. The third-order valence-corrected chi connectivity index (χ3v) is 2.30. The van der Waals surface area contributed by atoms with Gasteiger partial charge in [0.05, 0.1) is 0 Å². The van der Waals surface area contributed by atoms with E-state index >= 15 is 0 Å². The molecule has 12 heavy (non-hydrogen) atoms. The van der Waals surface area contributed by atoms with Crippen LogP contribution in [0.2, 0.25) is 0 Å². The zero-order chi connectivity index (χ0) is 9.14. The van der Waals surface area contributed by atoms with Crippen LogP contribution >= 0.6 is 0 Å². The molecule has 0 amide bonds. The van der Waals surface area contributed by atoms with E-state index in [4.69, 9.17) is 5.11 Å². The summed E-state index contributed by atoms with van der Waals surface area (Å²) in [5.74, 6) is -1.11. The van der Waals surface area contributed by atoms with Crippen molar-refractivity contribution in [1.82, 2.24) is 4.90 Å². The van der Waals surface area contributed by atoms with Gasteiger partial charge in [0, 0.05) is 6.54 Å². The number of carboxylic acid groups (broad SMARTS) is 1. The third kappa shape index (κ3) is 2.44. The van der Waals surface area contributed by atoms with E-state index in [2.05, 4.69) is 4.90 Å². The summed E-state index contributed by atoms with van der Waals surface area (Å²) in [4.78, 5) is 12.3. The summed E-state index contributed by atoms with van der Waals surface area (Å²) in [5, 5.41) is 8.32. The molecular weight excluding hydrogens is 161 g/mol. The van der Waals surface area contributed by atoms with Crippen molar-refractivity contribution in [1.29, 1.82) is 0 Å². The second-order valence-electron chi connectivity index (χ2n) is 3.46. The van der Waals surface area contributed by atoms with Crippen molar-refractivity contribution in [2.75, 3.05) is 20.1 Å². The maximum atomic E-state index is 12.7. The van der Waals surface area contributed by atoms with Gasteiger partial charge >= 0.3 is 5.97 Å². The molecule has 0 radical (unpaired) electrons. The lowest BCUT2D eigenvalue weighted by molar-refractivity contribution is -0.143. The van der Waals surface area contributed by atoms with Gasteiger partial charge in [-0.2, -0.15) is 0 Å². The maximum Gasteiger partial charge on any atom is 0.338 e. The van der Waals surface area contributed by atoms with Crippen LogP contribution in [0.5, 0.6) is 0 Å². The van der Waals surface area contributed by atoms with Gasteiger partial charge in [0.1, 0.15) is 0 Å². The molecule has 2 unspecified atom stereocenters. The summed E-state index contributed by atoms with van der Waals surface area (Å²) in [6, 6.07) is 0. The van der Waals surface area contributed by atoms with Gasteiger partial charge in [0.25, 0.3) is 0 Å². The molecule has 0 spiro atoms. The topological polar surface area (TPSA) is 40.5 Å². The number of likely N-dealkylation sites (tertiary alicyclic amines) is 1. The van der Waals surface area contributed by atoms with E-state index < -0.39 is 12.1 Å². The van der Waals surface area contributed by atoms with E-state index in [-0.39, 0.29) is 12.3 Å². The van der Waals surface area contributed by atoms with Crippen LogP contribution < -0.4 is 0 Å². The van der Waals surface area contributed by atoms with E-state index in [9.17, 15) is 9.18 Å². The Morgan fingerprint density at radius 2 is 2.50 bits per heavy atom. The fourth-order valence-corrected chi connectivity index (χ4v) is 1.61. The summed E-state index contributed by atoms with van der Waals surface area (Å²) in [7, 11) is 1.97. The molecule has 1 N–H and O–H groups in total. The van der Waals surface area contributed by atoms with Gasteiger partial charge < -0.3 is 10.0 Å². The van der Waals surface area contributed by atoms with Gasteiger partial charge in [0.15, 0.2) is 6.17 Å². The van der Waals surface area contributed by atoms with Crippen LogP contribution in [0.1, 0.15) is 12.8 Å². The lowest BCUT2D eigenvalue weighted by Crippen LogP contribution is -2.21. The Bertz CT molecular complexity index is 174. The zero-order valence-corrected chi connectivity index (χ0v) is 7.16. The number of carbonyl (C=O) groups is 1. The molecule has 0 bridgehead atoms. The Labute approximate surface area is 71.2 Å². The smallest absolute Gasteiger partial charge is 0.338 e. The second kappa shape index (κ2) is 3.85. The Morgan fingerprint density at radius 3 is 2.92 bits per heavy atom. The molecule has 0 saturated carbocycles. The number of carboxylic acids is 1. The predicted molar refractivity (Wildman–Crippen MR) is 42.8 cm³/mol. The molecule has 3 nitrogen and oxygen atoms in total. The zero-order valence-electron chi connectivity index (χ0n) is 7.16. The number of nitrogens with zero attached hydrogens (tertiary/aromatic N) is 1. The van der Waals surface area contributed by atoms with Gasteiger partial charge in [-0.1, -0.05) is 0 Å². The van der Waals surface area contributed by atoms with Crippen molar-refractivity contribution in [2.45, 2.75) is 19.0 Å². The number of rotatable bonds is 3. The van der Waals surface area contributed by atoms with Crippen molar-refractivity contribution in [3.05, 3.63) is 0 Å². The molecule has 1 heterocycles. The van der Waals surface area contributed by atoms with Crippen LogP contribution in [0.15, 0.2) is 0 Å². The monoisotopic (exact) mass is 175 g/mol. The van der Waals surface area contributed by atoms with E-state index in [0.717, 1.165) is 19.5 Å². The Balaban J connectivity index is 2.27. The number of alkyl halides is 1. The Morgan fingerprint density at radius 1 is 1.83 bits per heavy atom. The van der Waals surface area contributed by atoms with Crippen LogP contribution in [-0.4, -0.2) is 42.3 Å². The van der Waals surface area contributed by atoms with E-state index in [1.165, 1.54) is 0 Å². The normalized spacial score (nSPS) is 27.3. The summed E-state index contributed by atoms with van der Waals surface area (Å²) in [6.45, 7) is 1.78. The highest BCUT2D eigenvalue weighted by atomic mass is 19.1. The lowest BCUT2D eigenvalue weighted by Gasteiger charge is -2.10. The SMILES string of the molecule is CN1CCC(CC(F)C(=O)O)C1. The summed E-state index contributed by atoms with van der Waals surface area (Å²) in [6.07, 6.45) is -0.592. The average molecular weight is 175 g/mol. The van der Waals surface area contributed by atoms with Crippen LogP contribution in [0, 0.1) is 5.92 Å². The molecule has 1 saturated heterocycles. The van der Waals surface area contributed by atoms with E-state index in [1.807, 2.05) is 7.05 Å². The van der Waals surface area contributed by atoms with E-state index in [1.54, 1.807) is 0 Å². The fraction of sp³-hybridized carbons (Fsp3) is 0.875. The Hall–Kier alpha value is -0.640. The largest absolute Gasteiger partial charge is 0.479 e. The number of halogens is 1. The van der Waals surface area contributed by atoms with Crippen molar-refractivity contribution in [3.63, 3.8) is 0 Å². The van der Waals surface area contributed by atoms with Crippen LogP contribution in [0.3, 0.4) is 0 Å². The van der Waals surface area contributed by atoms with Crippen LogP contribution in [0.25, 0.3) is 0 Å². The highest BCUT2D eigenvalue weighted by Gasteiger charge is 2.26. The van der Waals surface area contributed by atoms with Gasteiger partial charge in [-0.3, -0.25) is 0 Å². The van der Waals surface area contributed by atoms with Crippen LogP contribution in [-0.2, 0) is 4.79 Å². The molecule has 70 valence electrons. The minimum absolute atomic E-state index is 0.166. The molecule has 1 fully saturated rings. The molecule has 2 atom stereocenters. The number of hydrogen-bond donors (Lipinski definition) is 1. The minimum atomic E-state index is -1.68. The van der Waals surface area contributed by atoms with Gasteiger partial charge in [-0.05, 0) is 32.4 Å². The minimum Gasteiger partial charge on any atom is -0.479 e. The summed E-state index contributed by atoms with van der Waals surface area (Å²) in [5.41, 5.74) is 0. The Kier molecular flexibility index (Phi) is 3.03. The number of hydrogen-bond acceptors (Lipinski definition) is 2. The molecule has 1 rings (SSSR count). The molecule has 0 aromatic heterocycles. The highest BCUT2D eigenvalue weighted by molar-refractivity contribution is 5.72. The van der Waals surface area contributed by atoms with Crippen molar-refractivity contribution in [2.24, 2.45) is 5.92 Å². The van der Waals surface area contributed by atoms with Crippen molar-refractivity contribution in [3.8, 4) is 0 Å². The maximum absolute atomic E-state index is 12.7. The highest BCUT2D eigenvalue weighted by Crippen LogP contribution is 2.20. The molecule has 1 aliphatic heterocycles. The first kappa shape index (κ1) is 9.45. The number of aliphatic carboxylic acids is 1. The first-order chi connectivity index (χ1) is 5.59. The fourth-order valence-electron chi connectivity index (χ4n) is 1.61.